The van der Waals surface area contributed by atoms with Crippen molar-refractivity contribution in [1.29, 1.82) is 0 Å². The van der Waals surface area contributed by atoms with Gasteiger partial charge in [-0.25, -0.2) is 0 Å². The number of ether oxygens (including phenoxy) is 1. The summed E-state index contributed by atoms with van der Waals surface area (Å²) in [7, 11) is 0. The molecule has 2 atom stereocenters. The fraction of sp³-hybridized carbons (Fsp3) is 0.625. The van der Waals surface area contributed by atoms with Gasteiger partial charge in [0, 0.05) is 29.8 Å². The van der Waals surface area contributed by atoms with Crippen LogP contribution >= 0.6 is 11.8 Å². The summed E-state index contributed by atoms with van der Waals surface area (Å²) >= 11 is 2.08. The maximum absolute atomic E-state index is 6.09. The molecule has 2 unspecified atom stereocenters. The Hall–Kier alpha value is -0.670. The predicted octanol–water partition coefficient (Wildman–Crippen LogP) is 3.77. The largest absolute Gasteiger partial charge is 0.487 e. The third kappa shape index (κ3) is 3.09. The van der Waals surface area contributed by atoms with Crippen LogP contribution in [0.4, 0.5) is 0 Å². The molecule has 0 saturated carbocycles. The molecule has 0 spiro atoms. The molecule has 2 aliphatic heterocycles. The number of para-hydroxylation sites is 1. The number of hydrogen-bond acceptors (Lipinski definition) is 3. The molecule has 3 heteroatoms. The lowest BCUT2D eigenvalue weighted by Gasteiger charge is -2.40. The molecule has 3 rings (SSSR count). The Balaban J connectivity index is 1.79. The van der Waals surface area contributed by atoms with Gasteiger partial charge < -0.3 is 10.1 Å². The van der Waals surface area contributed by atoms with Crippen LogP contribution in [0, 0.1) is 0 Å². The highest BCUT2D eigenvalue weighted by Crippen LogP contribution is 2.39. The van der Waals surface area contributed by atoms with Crippen molar-refractivity contribution in [2.24, 2.45) is 0 Å². The van der Waals surface area contributed by atoms with E-state index < -0.39 is 0 Å². The number of fused-ring (bicyclic) bond motifs is 1. The van der Waals surface area contributed by atoms with Crippen LogP contribution in [0.5, 0.6) is 5.75 Å². The van der Waals surface area contributed by atoms with Crippen LogP contribution in [-0.4, -0.2) is 23.1 Å². The Kier molecular flexibility index (Phi) is 3.77. The molecular weight excluding hydrogens is 254 g/mol. The third-order valence-corrected chi connectivity index (χ3v) is 5.19. The minimum absolute atomic E-state index is 0.0756. The first-order valence-corrected chi connectivity index (χ1v) is 8.41. The SMILES string of the molecule is CC1(C)CC(NC2CCCSC2)c2ccccc2O1. The average molecular weight is 277 g/mol. The molecule has 1 fully saturated rings. The van der Waals surface area contributed by atoms with Crippen molar-refractivity contribution >= 4 is 11.8 Å². The average Bonchev–Trinajstić information content (AvgIpc) is 2.38. The molecule has 1 aromatic carbocycles. The molecule has 1 saturated heterocycles. The topological polar surface area (TPSA) is 21.3 Å². The van der Waals surface area contributed by atoms with Crippen LogP contribution in [0.1, 0.15) is 44.7 Å². The fourth-order valence-corrected chi connectivity index (χ4v) is 4.19. The van der Waals surface area contributed by atoms with Gasteiger partial charge in [-0.1, -0.05) is 18.2 Å². The Bertz CT molecular complexity index is 440. The zero-order valence-electron chi connectivity index (χ0n) is 11.8. The first kappa shape index (κ1) is 13.3. The van der Waals surface area contributed by atoms with Crippen LogP contribution in [-0.2, 0) is 0 Å². The lowest BCUT2D eigenvalue weighted by molar-refractivity contribution is 0.0639. The fourth-order valence-electron chi connectivity index (χ4n) is 3.11. The summed E-state index contributed by atoms with van der Waals surface area (Å²) in [5.74, 6) is 3.63. The van der Waals surface area contributed by atoms with E-state index in [4.69, 9.17) is 4.74 Å². The summed E-state index contributed by atoms with van der Waals surface area (Å²) in [6.07, 6.45) is 3.70. The van der Waals surface area contributed by atoms with Crippen LogP contribution < -0.4 is 10.1 Å². The molecule has 104 valence electrons. The predicted molar refractivity (Wildman–Crippen MR) is 82.0 cm³/mol. The molecule has 2 aliphatic rings. The number of nitrogens with one attached hydrogen (secondary N) is 1. The second kappa shape index (κ2) is 5.37. The van der Waals surface area contributed by atoms with Gasteiger partial charge in [0.25, 0.3) is 0 Å². The second-order valence-corrected chi connectivity index (χ2v) is 7.39. The van der Waals surface area contributed by atoms with Gasteiger partial charge in [-0.3, -0.25) is 0 Å². The Morgan fingerprint density at radius 1 is 1.32 bits per heavy atom. The lowest BCUT2D eigenvalue weighted by atomic mass is 9.89. The van der Waals surface area contributed by atoms with Gasteiger partial charge in [-0.2, -0.15) is 11.8 Å². The van der Waals surface area contributed by atoms with Crippen molar-refractivity contribution in [2.45, 2.75) is 50.8 Å². The van der Waals surface area contributed by atoms with E-state index in [1.54, 1.807) is 0 Å². The van der Waals surface area contributed by atoms with Crippen molar-refractivity contribution in [3.8, 4) is 5.75 Å². The molecule has 2 nitrogen and oxygen atoms in total. The van der Waals surface area contributed by atoms with Crippen molar-refractivity contribution in [3.05, 3.63) is 29.8 Å². The minimum atomic E-state index is -0.0756. The van der Waals surface area contributed by atoms with E-state index in [2.05, 4.69) is 55.2 Å². The highest BCUT2D eigenvalue weighted by Gasteiger charge is 2.34. The maximum atomic E-state index is 6.09. The molecule has 19 heavy (non-hydrogen) atoms. The van der Waals surface area contributed by atoms with E-state index in [1.165, 1.54) is 29.9 Å². The van der Waals surface area contributed by atoms with Crippen molar-refractivity contribution in [1.82, 2.24) is 5.32 Å². The number of benzene rings is 1. The molecule has 0 bridgehead atoms. The van der Waals surface area contributed by atoms with Gasteiger partial charge in [0.05, 0.1) is 0 Å². The van der Waals surface area contributed by atoms with E-state index in [-0.39, 0.29) is 5.60 Å². The smallest absolute Gasteiger partial charge is 0.124 e. The normalized spacial score (nSPS) is 29.4. The summed E-state index contributed by atoms with van der Waals surface area (Å²) < 4.78 is 6.09. The molecule has 0 amide bonds. The van der Waals surface area contributed by atoms with Crippen LogP contribution in [0.25, 0.3) is 0 Å². The van der Waals surface area contributed by atoms with E-state index in [1.807, 2.05) is 0 Å². The summed E-state index contributed by atoms with van der Waals surface area (Å²) in [5, 5.41) is 3.87. The zero-order chi connectivity index (χ0) is 13.3. The number of hydrogen-bond donors (Lipinski definition) is 1. The maximum Gasteiger partial charge on any atom is 0.124 e. The Labute approximate surface area is 120 Å². The van der Waals surface area contributed by atoms with Crippen molar-refractivity contribution in [3.63, 3.8) is 0 Å². The van der Waals surface area contributed by atoms with Gasteiger partial charge >= 0.3 is 0 Å². The number of thioether (sulfide) groups is 1. The molecule has 0 radical (unpaired) electrons. The summed E-state index contributed by atoms with van der Waals surface area (Å²) in [5.41, 5.74) is 1.26. The Morgan fingerprint density at radius 2 is 2.16 bits per heavy atom. The van der Waals surface area contributed by atoms with E-state index in [9.17, 15) is 0 Å². The minimum Gasteiger partial charge on any atom is -0.487 e. The highest BCUT2D eigenvalue weighted by molar-refractivity contribution is 7.99. The highest BCUT2D eigenvalue weighted by atomic mass is 32.2. The standard InChI is InChI=1S/C16H23NOS/c1-16(2)10-14(17-12-6-5-9-19-11-12)13-7-3-4-8-15(13)18-16/h3-4,7-8,12,14,17H,5-6,9-11H2,1-2H3. The molecule has 0 aromatic heterocycles. The van der Waals surface area contributed by atoms with Gasteiger partial charge in [0.15, 0.2) is 0 Å². The van der Waals surface area contributed by atoms with Crippen LogP contribution in [0.15, 0.2) is 24.3 Å². The lowest BCUT2D eigenvalue weighted by Crippen LogP contribution is -2.44. The van der Waals surface area contributed by atoms with Gasteiger partial charge in [0.2, 0.25) is 0 Å². The Morgan fingerprint density at radius 3 is 2.95 bits per heavy atom. The molecule has 1 N–H and O–H groups in total. The summed E-state index contributed by atoms with van der Waals surface area (Å²) in [6, 6.07) is 9.58. The van der Waals surface area contributed by atoms with Gasteiger partial charge in [-0.15, -0.1) is 0 Å². The summed E-state index contributed by atoms with van der Waals surface area (Å²) in [4.78, 5) is 0. The monoisotopic (exact) mass is 277 g/mol. The first-order chi connectivity index (χ1) is 9.14. The van der Waals surface area contributed by atoms with Crippen molar-refractivity contribution < 1.29 is 4.74 Å². The zero-order valence-corrected chi connectivity index (χ0v) is 12.6. The van der Waals surface area contributed by atoms with Crippen LogP contribution in [0.3, 0.4) is 0 Å². The van der Waals surface area contributed by atoms with E-state index in [0.717, 1.165) is 12.2 Å². The molecular formula is C16H23NOS. The number of rotatable bonds is 2. The second-order valence-electron chi connectivity index (χ2n) is 6.24. The molecule has 1 aromatic rings. The van der Waals surface area contributed by atoms with Gasteiger partial charge in [-0.05, 0) is 38.5 Å². The molecule has 0 aliphatic carbocycles. The third-order valence-electron chi connectivity index (χ3n) is 3.97. The van der Waals surface area contributed by atoms with Gasteiger partial charge in [0.1, 0.15) is 11.4 Å². The van der Waals surface area contributed by atoms with Crippen molar-refractivity contribution in [2.75, 3.05) is 11.5 Å². The quantitative estimate of drug-likeness (QED) is 0.889. The van der Waals surface area contributed by atoms with E-state index in [0.29, 0.717) is 12.1 Å². The van der Waals surface area contributed by atoms with Crippen LogP contribution in [0.2, 0.25) is 0 Å². The first-order valence-electron chi connectivity index (χ1n) is 7.26. The van der Waals surface area contributed by atoms with E-state index >= 15 is 0 Å². The molecule has 2 heterocycles. The summed E-state index contributed by atoms with van der Waals surface area (Å²) in [6.45, 7) is 4.38.